The molecule has 0 radical (unpaired) electrons. The van der Waals surface area contributed by atoms with Crippen LogP contribution < -0.4 is 10.2 Å². The molecule has 0 aliphatic carbocycles. The number of hydrogen-bond acceptors (Lipinski definition) is 2. The van der Waals surface area contributed by atoms with E-state index in [0.717, 1.165) is 23.2 Å². The van der Waals surface area contributed by atoms with Crippen molar-refractivity contribution < 1.29 is 4.79 Å². The zero-order valence-electron chi connectivity index (χ0n) is 11.7. The maximum absolute atomic E-state index is 12.3. The molecule has 0 unspecified atom stereocenters. The van der Waals surface area contributed by atoms with E-state index in [2.05, 4.69) is 38.3 Å². The highest BCUT2D eigenvalue weighted by atomic mass is 79.9. The summed E-state index contributed by atoms with van der Waals surface area (Å²) in [5.41, 5.74) is 2.32. The monoisotopic (exact) mass is 376 g/mol. The van der Waals surface area contributed by atoms with E-state index in [9.17, 15) is 4.79 Å². The number of nitrogens with one attached hydrogen (secondary N) is 1. The van der Waals surface area contributed by atoms with E-state index in [1.54, 1.807) is 12.1 Å². The number of rotatable bonds is 3. The van der Waals surface area contributed by atoms with Gasteiger partial charge in [-0.25, -0.2) is 0 Å². The van der Waals surface area contributed by atoms with Gasteiger partial charge in [-0.05, 0) is 42.5 Å². The van der Waals surface area contributed by atoms with Gasteiger partial charge in [0, 0.05) is 28.8 Å². The number of hydrogen-bond donors (Lipinski definition) is 1. The van der Waals surface area contributed by atoms with Gasteiger partial charge in [0.15, 0.2) is 0 Å². The average Bonchev–Trinajstić information content (AvgIpc) is 3.04. The third kappa shape index (κ3) is 3.34. The van der Waals surface area contributed by atoms with Gasteiger partial charge in [-0.3, -0.25) is 4.79 Å². The first-order chi connectivity index (χ1) is 10.6. The Morgan fingerprint density at radius 3 is 2.41 bits per heavy atom. The number of benzene rings is 2. The lowest BCUT2D eigenvalue weighted by atomic mass is 10.1. The fourth-order valence-electron chi connectivity index (χ4n) is 2.30. The van der Waals surface area contributed by atoms with E-state index < -0.39 is 0 Å². The second-order valence-corrected chi connectivity index (χ2v) is 6.32. The molecular formula is C17H14BrClN2O. The Morgan fingerprint density at radius 2 is 1.77 bits per heavy atom. The highest BCUT2D eigenvalue weighted by Gasteiger charge is 2.11. The van der Waals surface area contributed by atoms with E-state index >= 15 is 0 Å². The molecule has 1 aliphatic heterocycles. The highest BCUT2D eigenvalue weighted by molar-refractivity contribution is 9.10. The average molecular weight is 378 g/mol. The molecule has 0 bridgehead atoms. The van der Waals surface area contributed by atoms with Crippen molar-refractivity contribution in [3.05, 3.63) is 69.7 Å². The van der Waals surface area contributed by atoms with Gasteiger partial charge in [0.1, 0.15) is 0 Å². The molecule has 0 atom stereocenters. The third-order valence-corrected chi connectivity index (χ3v) is 4.30. The minimum absolute atomic E-state index is 0.171. The summed E-state index contributed by atoms with van der Waals surface area (Å²) >= 11 is 9.45. The van der Waals surface area contributed by atoms with Crippen molar-refractivity contribution >= 4 is 44.8 Å². The number of nitrogens with zero attached hydrogens (tertiary/aromatic N) is 1. The van der Waals surface area contributed by atoms with E-state index in [0.29, 0.717) is 16.3 Å². The summed E-state index contributed by atoms with van der Waals surface area (Å²) in [5.74, 6) is -0.171. The molecule has 5 heteroatoms. The smallest absolute Gasteiger partial charge is 0.255 e. The van der Waals surface area contributed by atoms with Gasteiger partial charge >= 0.3 is 0 Å². The van der Waals surface area contributed by atoms with E-state index in [1.807, 2.05) is 30.3 Å². The van der Waals surface area contributed by atoms with Gasteiger partial charge in [0.05, 0.1) is 10.7 Å². The molecule has 1 aliphatic rings. The van der Waals surface area contributed by atoms with Crippen molar-refractivity contribution in [2.24, 2.45) is 0 Å². The maximum Gasteiger partial charge on any atom is 0.255 e. The van der Waals surface area contributed by atoms with Gasteiger partial charge in [-0.2, -0.15) is 0 Å². The van der Waals surface area contributed by atoms with Crippen molar-refractivity contribution in [3.8, 4) is 0 Å². The number of carbonyl (C=O) groups is 1. The van der Waals surface area contributed by atoms with Gasteiger partial charge in [-0.15, -0.1) is 0 Å². The summed E-state index contributed by atoms with van der Waals surface area (Å²) in [4.78, 5) is 14.5. The van der Waals surface area contributed by atoms with E-state index in [-0.39, 0.29) is 5.91 Å². The Morgan fingerprint density at radius 1 is 1.09 bits per heavy atom. The Labute approximate surface area is 142 Å². The fourth-order valence-corrected chi connectivity index (χ4v) is 3.02. The molecule has 0 aromatic heterocycles. The van der Waals surface area contributed by atoms with Crippen LogP contribution in [0.5, 0.6) is 0 Å². The standard InChI is InChI=1S/C17H14BrClN2O/c18-13-5-8-16(15(19)11-13)20-17(22)12-3-6-14(7-4-12)21-9-1-2-10-21/h1-8,11H,9-10H2,(H,20,22). The number of anilines is 2. The molecule has 3 nitrogen and oxygen atoms in total. The van der Waals surface area contributed by atoms with E-state index in [1.165, 1.54) is 0 Å². The molecule has 0 saturated carbocycles. The molecule has 0 saturated heterocycles. The van der Waals surface area contributed by atoms with Crippen LogP contribution >= 0.6 is 27.5 Å². The second kappa shape index (κ2) is 6.55. The molecule has 2 aromatic carbocycles. The predicted molar refractivity (Wildman–Crippen MR) is 94.9 cm³/mol. The van der Waals surface area contributed by atoms with Crippen LogP contribution in [0.25, 0.3) is 0 Å². The van der Waals surface area contributed by atoms with Crippen LogP contribution in [0.15, 0.2) is 59.1 Å². The number of carbonyl (C=O) groups excluding carboxylic acids is 1. The summed E-state index contributed by atoms with van der Waals surface area (Å²) in [6, 6.07) is 12.9. The van der Waals surface area contributed by atoms with Crippen LogP contribution in [0.4, 0.5) is 11.4 Å². The fraction of sp³-hybridized carbons (Fsp3) is 0.118. The lowest BCUT2D eigenvalue weighted by Gasteiger charge is -2.17. The van der Waals surface area contributed by atoms with Crippen LogP contribution in [-0.4, -0.2) is 19.0 Å². The minimum Gasteiger partial charge on any atom is -0.364 e. The first kappa shape index (κ1) is 15.1. The second-order valence-electron chi connectivity index (χ2n) is 5.00. The largest absolute Gasteiger partial charge is 0.364 e. The first-order valence-electron chi connectivity index (χ1n) is 6.90. The molecule has 2 aromatic rings. The Hall–Kier alpha value is -1.78. The lowest BCUT2D eigenvalue weighted by Crippen LogP contribution is -2.18. The lowest BCUT2D eigenvalue weighted by molar-refractivity contribution is 0.102. The Bertz CT molecular complexity index is 720. The summed E-state index contributed by atoms with van der Waals surface area (Å²) < 4.78 is 0.874. The summed E-state index contributed by atoms with van der Waals surface area (Å²) in [6.45, 7) is 1.83. The molecule has 1 amide bonds. The van der Waals surface area contributed by atoms with Gasteiger partial charge in [-0.1, -0.05) is 39.7 Å². The quantitative estimate of drug-likeness (QED) is 0.784. The molecule has 1 N–H and O–H groups in total. The van der Waals surface area contributed by atoms with Crippen molar-refractivity contribution in [3.63, 3.8) is 0 Å². The first-order valence-corrected chi connectivity index (χ1v) is 8.07. The predicted octanol–water partition coefficient (Wildman–Crippen LogP) is 4.73. The minimum atomic E-state index is -0.171. The third-order valence-electron chi connectivity index (χ3n) is 3.49. The summed E-state index contributed by atoms with van der Waals surface area (Å²) in [5, 5.41) is 3.33. The number of halogens is 2. The Balaban J connectivity index is 1.72. The number of amides is 1. The zero-order valence-corrected chi connectivity index (χ0v) is 14.1. The molecule has 0 fully saturated rings. The summed E-state index contributed by atoms with van der Waals surface area (Å²) in [7, 11) is 0. The van der Waals surface area contributed by atoms with Crippen LogP contribution in [-0.2, 0) is 0 Å². The normalized spacial score (nSPS) is 13.5. The molecule has 1 heterocycles. The SMILES string of the molecule is O=C(Nc1ccc(Br)cc1Cl)c1ccc(N2CC=CC2)cc1. The van der Waals surface area contributed by atoms with Gasteiger partial charge in [0.25, 0.3) is 5.91 Å². The zero-order chi connectivity index (χ0) is 15.5. The summed E-state index contributed by atoms with van der Waals surface area (Å²) in [6.07, 6.45) is 4.27. The van der Waals surface area contributed by atoms with Crippen LogP contribution in [0.1, 0.15) is 10.4 Å². The molecule has 112 valence electrons. The Kier molecular flexibility index (Phi) is 4.50. The molecule has 3 rings (SSSR count). The van der Waals surface area contributed by atoms with Gasteiger partial charge < -0.3 is 10.2 Å². The van der Waals surface area contributed by atoms with E-state index in [4.69, 9.17) is 11.6 Å². The van der Waals surface area contributed by atoms with Crippen molar-refractivity contribution in [1.29, 1.82) is 0 Å². The van der Waals surface area contributed by atoms with Crippen LogP contribution in [0, 0.1) is 0 Å². The van der Waals surface area contributed by atoms with Gasteiger partial charge in [0.2, 0.25) is 0 Å². The molecule has 0 spiro atoms. The van der Waals surface area contributed by atoms with Crippen molar-refractivity contribution in [2.75, 3.05) is 23.3 Å². The molecular weight excluding hydrogens is 364 g/mol. The van der Waals surface area contributed by atoms with Crippen LogP contribution in [0.3, 0.4) is 0 Å². The highest BCUT2D eigenvalue weighted by Crippen LogP contribution is 2.26. The topological polar surface area (TPSA) is 32.3 Å². The van der Waals surface area contributed by atoms with Crippen molar-refractivity contribution in [2.45, 2.75) is 0 Å². The molecule has 22 heavy (non-hydrogen) atoms. The van der Waals surface area contributed by atoms with Crippen molar-refractivity contribution in [1.82, 2.24) is 0 Å². The van der Waals surface area contributed by atoms with Crippen LogP contribution in [0.2, 0.25) is 5.02 Å². The maximum atomic E-state index is 12.3.